The number of hydrogen-bond acceptors (Lipinski definition) is 1. The number of carbonyl (C=O) groups excluding carboxylic acids is 1. The van der Waals surface area contributed by atoms with Crippen LogP contribution in [0, 0.1) is 12.7 Å². The van der Waals surface area contributed by atoms with E-state index in [0.717, 1.165) is 11.1 Å². The molecule has 0 spiro atoms. The predicted molar refractivity (Wildman–Crippen MR) is 82.4 cm³/mol. The van der Waals surface area contributed by atoms with E-state index in [9.17, 15) is 9.18 Å². The van der Waals surface area contributed by atoms with Crippen LogP contribution in [0.25, 0.3) is 10.9 Å². The van der Waals surface area contributed by atoms with Crippen molar-refractivity contribution < 1.29 is 9.18 Å². The van der Waals surface area contributed by atoms with Crippen LogP contribution in [0.5, 0.6) is 0 Å². The molecule has 2 N–H and O–H groups in total. The molecule has 0 unspecified atom stereocenters. The number of aromatic amines is 1. The fourth-order valence-corrected chi connectivity index (χ4v) is 2.46. The molecule has 0 fully saturated rings. The van der Waals surface area contributed by atoms with Crippen LogP contribution in [0.1, 0.15) is 15.9 Å². The Labute approximate surface area is 125 Å². The maximum absolute atomic E-state index is 13.3. The van der Waals surface area contributed by atoms with Gasteiger partial charge in [0.05, 0.1) is 5.56 Å². The number of amides is 1. The Bertz CT molecular complexity index is 841. The first kappa shape index (κ1) is 13.6. The molecule has 21 heavy (non-hydrogen) atoms. The molecule has 1 aromatic heterocycles. The van der Waals surface area contributed by atoms with E-state index < -0.39 is 0 Å². The van der Waals surface area contributed by atoms with Crippen molar-refractivity contribution in [2.24, 2.45) is 0 Å². The number of H-pyrrole nitrogens is 1. The number of aryl methyl sites for hydroxylation is 1. The number of halogens is 2. The van der Waals surface area contributed by atoms with Gasteiger partial charge in [-0.15, -0.1) is 0 Å². The van der Waals surface area contributed by atoms with Crippen molar-refractivity contribution in [1.82, 2.24) is 4.98 Å². The van der Waals surface area contributed by atoms with Crippen molar-refractivity contribution >= 4 is 34.1 Å². The highest BCUT2D eigenvalue weighted by atomic mass is 35.5. The fraction of sp³-hybridized carbons (Fsp3) is 0.0625. The maximum atomic E-state index is 13.3. The molecule has 1 heterocycles. The molecule has 3 rings (SSSR count). The van der Waals surface area contributed by atoms with Crippen LogP contribution in [-0.2, 0) is 0 Å². The molecule has 3 nitrogen and oxygen atoms in total. The van der Waals surface area contributed by atoms with Gasteiger partial charge in [-0.3, -0.25) is 4.79 Å². The lowest BCUT2D eigenvalue weighted by Crippen LogP contribution is -2.12. The SMILES string of the molecule is Cc1cc(Cl)ccc1NC(=O)c1c[nH]c2ccc(F)cc12. The molecule has 2 aromatic carbocycles. The minimum Gasteiger partial charge on any atom is -0.360 e. The summed E-state index contributed by atoms with van der Waals surface area (Å²) in [6.45, 7) is 1.86. The lowest BCUT2D eigenvalue weighted by atomic mass is 10.1. The van der Waals surface area contributed by atoms with Crippen molar-refractivity contribution in [3.05, 3.63) is 64.6 Å². The van der Waals surface area contributed by atoms with Gasteiger partial charge in [0.2, 0.25) is 0 Å². The molecular weight excluding hydrogens is 291 g/mol. The number of anilines is 1. The van der Waals surface area contributed by atoms with Crippen LogP contribution >= 0.6 is 11.6 Å². The second-order valence-corrected chi connectivity index (χ2v) is 5.24. The Morgan fingerprint density at radius 1 is 1.24 bits per heavy atom. The van der Waals surface area contributed by atoms with Crippen LogP contribution in [0.4, 0.5) is 10.1 Å². The topological polar surface area (TPSA) is 44.9 Å². The third-order valence-corrected chi connectivity index (χ3v) is 3.56. The number of aromatic nitrogens is 1. The maximum Gasteiger partial charge on any atom is 0.257 e. The zero-order valence-corrected chi connectivity index (χ0v) is 12.0. The molecule has 106 valence electrons. The second-order valence-electron chi connectivity index (χ2n) is 4.81. The Balaban J connectivity index is 1.95. The lowest BCUT2D eigenvalue weighted by Gasteiger charge is -2.08. The zero-order valence-electron chi connectivity index (χ0n) is 11.2. The molecule has 1 amide bonds. The van der Waals surface area contributed by atoms with E-state index in [1.807, 2.05) is 6.92 Å². The van der Waals surface area contributed by atoms with Gasteiger partial charge in [-0.1, -0.05) is 11.6 Å². The van der Waals surface area contributed by atoms with E-state index in [4.69, 9.17) is 11.6 Å². The summed E-state index contributed by atoms with van der Waals surface area (Å²) in [5, 5.41) is 3.98. The third-order valence-electron chi connectivity index (χ3n) is 3.33. The van der Waals surface area contributed by atoms with E-state index in [1.165, 1.54) is 12.1 Å². The Morgan fingerprint density at radius 3 is 2.81 bits per heavy atom. The predicted octanol–water partition coefficient (Wildman–Crippen LogP) is 4.52. The van der Waals surface area contributed by atoms with E-state index >= 15 is 0 Å². The van der Waals surface area contributed by atoms with Crippen LogP contribution < -0.4 is 5.32 Å². The number of benzene rings is 2. The van der Waals surface area contributed by atoms with Gasteiger partial charge in [-0.2, -0.15) is 0 Å². The van der Waals surface area contributed by atoms with Crippen molar-refractivity contribution in [2.75, 3.05) is 5.32 Å². The summed E-state index contributed by atoms with van der Waals surface area (Å²) < 4.78 is 13.3. The van der Waals surface area contributed by atoms with Gasteiger partial charge >= 0.3 is 0 Å². The summed E-state index contributed by atoms with van der Waals surface area (Å²) in [7, 11) is 0. The second kappa shape index (κ2) is 5.22. The first-order chi connectivity index (χ1) is 10.0. The number of carbonyl (C=O) groups is 1. The number of rotatable bonds is 2. The van der Waals surface area contributed by atoms with Crippen LogP contribution in [-0.4, -0.2) is 10.9 Å². The van der Waals surface area contributed by atoms with Crippen LogP contribution in [0.15, 0.2) is 42.6 Å². The molecule has 0 saturated carbocycles. The van der Waals surface area contributed by atoms with Crippen molar-refractivity contribution in [3.8, 4) is 0 Å². The van der Waals surface area contributed by atoms with Crippen molar-refractivity contribution in [2.45, 2.75) is 6.92 Å². The summed E-state index contributed by atoms with van der Waals surface area (Å²) >= 11 is 5.89. The molecule has 0 aliphatic rings. The molecule has 0 saturated heterocycles. The first-order valence-corrected chi connectivity index (χ1v) is 6.76. The average molecular weight is 303 g/mol. The van der Waals surface area contributed by atoms with Crippen LogP contribution in [0.2, 0.25) is 5.02 Å². The normalized spacial score (nSPS) is 10.8. The van der Waals surface area contributed by atoms with E-state index in [1.54, 1.807) is 30.5 Å². The highest BCUT2D eigenvalue weighted by Crippen LogP contribution is 2.23. The largest absolute Gasteiger partial charge is 0.360 e. The van der Waals surface area contributed by atoms with E-state index in [2.05, 4.69) is 10.3 Å². The fourth-order valence-electron chi connectivity index (χ4n) is 2.24. The third kappa shape index (κ3) is 2.62. The average Bonchev–Trinajstić information content (AvgIpc) is 2.85. The number of hydrogen-bond donors (Lipinski definition) is 2. The molecule has 3 aromatic rings. The summed E-state index contributed by atoms with van der Waals surface area (Å²) in [5.74, 6) is -0.670. The summed E-state index contributed by atoms with van der Waals surface area (Å²) in [6.07, 6.45) is 1.57. The van der Waals surface area contributed by atoms with Gasteiger partial charge in [0.25, 0.3) is 5.91 Å². The Morgan fingerprint density at radius 2 is 2.05 bits per heavy atom. The highest BCUT2D eigenvalue weighted by molar-refractivity contribution is 6.30. The van der Waals surface area contributed by atoms with Gasteiger partial charge in [0.15, 0.2) is 0 Å². The van der Waals surface area contributed by atoms with Gasteiger partial charge in [0.1, 0.15) is 5.82 Å². The Hall–Kier alpha value is -2.33. The molecule has 0 aliphatic heterocycles. The smallest absolute Gasteiger partial charge is 0.257 e. The van der Waals surface area contributed by atoms with Crippen LogP contribution in [0.3, 0.4) is 0 Å². The molecule has 0 aliphatic carbocycles. The van der Waals surface area contributed by atoms with E-state index in [-0.39, 0.29) is 11.7 Å². The molecular formula is C16H12ClFN2O. The monoisotopic (exact) mass is 302 g/mol. The van der Waals surface area contributed by atoms with Crippen molar-refractivity contribution in [1.29, 1.82) is 0 Å². The first-order valence-electron chi connectivity index (χ1n) is 6.39. The zero-order chi connectivity index (χ0) is 15.0. The summed E-state index contributed by atoms with van der Waals surface area (Å²) in [5.41, 5.74) is 2.66. The van der Waals surface area contributed by atoms with E-state index in [0.29, 0.717) is 21.7 Å². The lowest BCUT2D eigenvalue weighted by molar-refractivity contribution is 0.102. The molecule has 0 radical (unpaired) electrons. The van der Waals surface area contributed by atoms with Gasteiger partial charge < -0.3 is 10.3 Å². The summed E-state index contributed by atoms with van der Waals surface area (Å²) in [6, 6.07) is 9.52. The number of nitrogens with one attached hydrogen (secondary N) is 2. The van der Waals surface area contributed by atoms with Crippen molar-refractivity contribution in [3.63, 3.8) is 0 Å². The van der Waals surface area contributed by atoms with Gasteiger partial charge in [-0.05, 0) is 48.9 Å². The minimum atomic E-state index is -0.376. The minimum absolute atomic E-state index is 0.294. The summed E-state index contributed by atoms with van der Waals surface area (Å²) in [4.78, 5) is 15.3. The quantitative estimate of drug-likeness (QED) is 0.718. The highest BCUT2D eigenvalue weighted by Gasteiger charge is 2.13. The standard InChI is InChI=1S/C16H12ClFN2O/c1-9-6-10(17)2-4-14(9)20-16(21)13-8-19-15-5-3-11(18)7-12(13)15/h2-8,19H,1H3,(H,20,21). The molecule has 5 heteroatoms. The van der Waals surface area contributed by atoms with Gasteiger partial charge in [-0.25, -0.2) is 4.39 Å². The molecule has 0 bridgehead atoms. The Kier molecular flexibility index (Phi) is 3.39. The van der Waals surface area contributed by atoms with Gasteiger partial charge in [0, 0.05) is 27.8 Å². The molecule has 0 atom stereocenters. The number of fused-ring (bicyclic) bond motifs is 1.